The van der Waals surface area contributed by atoms with E-state index in [2.05, 4.69) is 0 Å². The van der Waals surface area contributed by atoms with Crippen LogP contribution in [0.15, 0.2) is 0 Å². The average molecular weight is 245 g/mol. The summed E-state index contributed by atoms with van der Waals surface area (Å²) in [5.41, 5.74) is 6.34. The van der Waals surface area contributed by atoms with Crippen molar-refractivity contribution in [3.63, 3.8) is 0 Å². The van der Waals surface area contributed by atoms with Crippen molar-refractivity contribution in [1.82, 2.24) is 0 Å². The molecule has 100 valence electrons. The van der Waals surface area contributed by atoms with Crippen LogP contribution in [0.4, 0.5) is 8.78 Å². The summed E-state index contributed by atoms with van der Waals surface area (Å²) in [6, 6.07) is 0.171. The van der Waals surface area contributed by atoms with Gasteiger partial charge in [-0.05, 0) is 37.5 Å². The van der Waals surface area contributed by atoms with Gasteiger partial charge in [-0.1, -0.05) is 25.7 Å². The number of nitrogens with two attached hydrogens (primary N) is 1. The number of rotatable bonds is 2. The third-order valence-corrected chi connectivity index (χ3v) is 4.75. The first-order chi connectivity index (χ1) is 8.08. The molecule has 0 radical (unpaired) electrons. The van der Waals surface area contributed by atoms with Crippen LogP contribution in [-0.4, -0.2) is 12.0 Å². The van der Waals surface area contributed by atoms with Crippen LogP contribution < -0.4 is 5.73 Å². The molecule has 2 fully saturated rings. The van der Waals surface area contributed by atoms with Gasteiger partial charge >= 0.3 is 0 Å². The van der Waals surface area contributed by atoms with Crippen molar-refractivity contribution in [3.8, 4) is 0 Å². The number of hydrogen-bond donors (Lipinski definition) is 1. The summed E-state index contributed by atoms with van der Waals surface area (Å²) in [7, 11) is 0. The van der Waals surface area contributed by atoms with Crippen molar-refractivity contribution in [2.75, 3.05) is 0 Å². The van der Waals surface area contributed by atoms with E-state index < -0.39 is 5.92 Å². The molecule has 3 heteroatoms. The topological polar surface area (TPSA) is 26.0 Å². The van der Waals surface area contributed by atoms with E-state index in [0.29, 0.717) is 24.7 Å². The second kappa shape index (κ2) is 5.64. The zero-order valence-corrected chi connectivity index (χ0v) is 10.6. The van der Waals surface area contributed by atoms with Gasteiger partial charge in [-0.2, -0.15) is 0 Å². The fraction of sp³-hybridized carbons (Fsp3) is 1.00. The van der Waals surface area contributed by atoms with Crippen molar-refractivity contribution >= 4 is 0 Å². The van der Waals surface area contributed by atoms with Gasteiger partial charge < -0.3 is 5.73 Å². The molecule has 1 nitrogen and oxygen atoms in total. The van der Waals surface area contributed by atoms with Crippen LogP contribution in [0.2, 0.25) is 0 Å². The van der Waals surface area contributed by atoms with E-state index in [1.165, 1.54) is 38.5 Å². The Morgan fingerprint density at radius 1 is 0.824 bits per heavy atom. The first-order valence-corrected chi connectivity index (χ1v) is 7.22. The molecule has 1 atom stereocenters. The van der Waals surface area contributed by atoms with Crippen LogP contribution in [0.1, 0.15) is 64.2 Å². The zero-order chi connectivity index (χ0) is 12.3. The number of hydrogen-bond acceptors (Lipinski definition) is 1. The molecule has 0 saturated heterocycles. The molecule has 0 aromatic carbocycles. The molecule has 0 heterocycles. The maximum Gasteiger partial charge on any atom is 0.248 e. The van der Waals surface area contributed by atoms with Gasteiger partial charge in [0, 0.05) is 18.9 Å². The predicted octanol–water partition coefficient (Wildman–Crippen LogP) is 4.11. The molecular weight excluding hydrogens is 220 g/mol. The van der Waals surface area contributed by atoms with Gasteiger partial charge in [0.05, 0.1) is 0 Å². The van der Waals surface area contributed by atoms with Crippen molar-refractivity contribution in [2.24, 2.45) is 17.6 Å². The normalized spacial score (nSPS) is 29.8. The van der Waals surface area contributed by atoms with Gasteiger partial charge in [-0.15, -0.1) is 0 Å². The first kappa shape index (κ1) is 13.3. The lowest BCUT2D eigenvalue weighted by atomic mass is 9.76. The molecule has 2 N–H and O–H groups in total. The maximum absolute atomic E-state index is 13.1. The van der Waals surface area contributed by atoms with E-state index in [4.69, 9.17) is 5.73 Å². The largest absolute Gasteiger partial charge is 0.327 e. The lowest BCUT2D eigenvalue weighted by molar-refractivity contribution is -0.0505. The van der Waals surface area contributed by atoms with E-state index in [1.54, 1.807) is 0 Å². The molecule has 0 aliphatic heterocycles. The van der Waals surface area contributed by atoms with E-state index >= 15 is 0 Å². The Bertz CT molecular complexity index is 224. The zero-order valence-electron chi connectivity index (χ0n) is 10.6. The lowest BCUT2D eigenvalue weighted by Gasteiger charge is -2.35. The van der Waals surface area contributed by atoms with Crippen LogP contribution in [0, 0.1) is 11.8 Å². The fourth-order valence-corrected chi connectivity index (χ4v) is 3.53. The smallest absolute Gasteiger partial charge is 0.248 e. The Kier molecular flexibility index (Phi) is 4.40. The van der Waals surface area contributed by atoms with Gasteiger partial charge in [0.25, 0.3) is 0 Å². The van der Waals surface area contributed by atoms with Crippen molar-refractivity contribution in [2.45, 2.75) is 76.2 Å². The Labute approximate surface area is 103 Å². The highest BCUT2D eigenvalue weighted by Crippen LogP contribution is 2.40. The summed E-state index contributed by atoms with van der Waals surface area (Å²) in [5, 5.41) is 0. The molecule has 0 aromatic rings. The van der Waals surface area contributed by atoms with E-state index in [-0.39, 0.29) is 18.9 Å². The highest BCUT2D eigenvalue weighted by atomic mass is 19.3. The second-order valence-corrected chi connectivity index (χ2v) is 6.02. The minimum Gasteiger partial charge on any atom is -0.327 e. The molecule has 0 spiro atoms. The van der Waals surface area contributed by atoms with E-state index in [0.717, 1.165) is 0 Å². The minimum atomic E-state index is -2.42. The third kappa shape index (κ3) is 3.64. The summed E-state index contributed by atoms with van der Waals surface area (Å²) in [5.74, 6) is -1.48. The fourth-order valence-electron chi connectivity index (χ4n) is 3.53. The summed E-state index contributed by atoms with van der Waals surface area (Å²) in [4.78, 5) is 0. The van der Waals surface area contributed by atoms with Crippen molar-refractivity contribution in [1.29, 1.82) is 0 Å². The summed E-state index contributed by atoms with van der Waals surface area (Å²) in [6.07, 6.45) is 9.01. The lowest BCUT2D eigenvalue weighted by Crippen LogP contribution is -2.41. The molecule has 2 rings (SSSR count). The van der Waals surface area contributed by atoms with Crippen LogP contribution >= 0.6 is 0 Å². The van der Waals surface area contributed by atoms with Gasteiger partial charge in [0.1, 0.15) is 0 Å². The highest BCUT2D eigenvalue weighted by molar-refractivity contribution is 4.87. The molecule has 2 saturated carbocycles. The number of alkyl halides is 2. The van der Waals surface area contributed by atoms with Crippen LogP contribution in [-0.2, 0) is 0 Å². The highest BCUT2D eigenvalue weighted by Gasteiger charge is 2.38. The Balaban J connectivity index is 1.84. The molecule has 17 heavy (non-hydrogen) atoms. The summed E-state index contributed by atoms with van der Waals surface area (Å²) in [6.45, 7) is 0. The Morgan fingerprint density at radius 2 is 1.29 bits per heavy atom. The molecule has 1 unspecified atom stereocenters. The molecule has 0 bridgehead atoms. The second-order valence-electron chi connectivity index (χ2n) is 6.02. The van der Waals surface area contributed by atoms with Crippen LogP contribution in [0.25, 0.3) is 0 Å². The molecule has 2 aliphatic carbocycles. The van der Waals surface area contributed by atoms with Crippen LogP contribution in [0.3, 0.4) is 0 Å². The van der Waals surface area contributed by atoms with Crippen molar-refractivity contribution < 1.29 is 8.78 Å². The SMILES string of the molecule is NC(C1CCCCCC1)C1CCC(F)(F)CC1. The van der Waals surface area contributed by atoms with Gasteiger partial charge in [-0.3, -0.25) is 0 Å². The Morgan fingerprint density at radius 3 is 1.82 bits per heavy atom. The van der Waals surface area contributed by atoms with Crippen molar-refractivity contribution in [3.05, 3.63) is 0 Å². The van der Waals surface area contributed by atoms with E-state index in [1.807, 2.05) is 0 Å². The molecule has 0 aromatic heterocycles. The van der Waals surface area contributed by atoms with Gasteiger partial charge in [0.15, 0.2) is 0 Å². The minimum absolute atomic E-state index is 0.0537. The van der Waals surface area contributed by atoms with E-state index in [9.17, 15) is 8.78 Å². The maximum atomic E-state index is 13.1. The first-order valence-electron chi connectivity index (χ1n) is 7.22. The molecule has 0 amide bonds. The molecular formula is C14H25F2N. The molecule has 2 aliphatic rings. The standard InChI is InChI=1S/C14H25F2N/c15-14(16)9-7-12(8-10-14)13(17)11-5-3-1-2-4-6-11/h11-13H,1-10,17H2. The monoisotopic (exact) mass is 245 g/mol. The summed E-state index contributed by atoms with van der Waals surface area (Å²) >= 11 is 0. The third-order valence-electron chi connectivity index (χ3n) is 4.75. The van der Waals surface area contributed by atoms with Gasteiger partial charge in [0.2, 0.25) is 5.92 Å². The quantitative estimate of drug-likeness (QED) is 0.728. The Hall–Kier alpha value is -0.180. The van der Waals surface area contributed by atoms with Crippen LogP contribution in [0.5, 0.6) is 0 Å². The summed E-state index contributed by atoms with van der Waals surface area (Å²) < 4.78 is 26.2. The average Bonchev–Trinajstić information content (AvgIpc) is 2.56. The number of halogens is 2. The van der Waals surface area contributed by atoms with Gasteiger partial charge in [-0.25, -0.2) is 8.78 Å². The predicted molar refractivity (Wildman–Crippen MR) is 66.1 cm³/mol.